The Morgan fingerprint density at radius 1 is 1.08 bits per heavy atom. The number of thiocarbonyl (C=S) groups is 1. The molecule has 1 N–H and O–H groups in total. The SMILES string of the molecule is COc1cc(/C=C2\SC(=S)N(CCc3ccccc3)C2=O)cc(Cl)c1OCC(=O)Nc1ccccc1Cl. The molecular weight excluding hydrogens is 551 g/mol. The first kappa shape index (κ1) is 27.0. The highest BCUT2D eigenvalue weighted by Crippen LogP contribution is 2.39. The molecule has 2 amide bonds. The van der Waals surface area contributed by atoms with Crippen molar-refractivity contribution in [3.63, 3.8) is 0 Å². The summed E-state index contributed by atoms with van der Waals surface area (Å²) in [5.41, 5.74) is 2.25. The third kappa shape index (κ3) is 6.84. The van der Waals surface area contributed by atoms with Crippen LogP contribution in [0.25, 0.3) is 6.08 Å². The van der Waals surface area contributed by atoms with Crippen molar-refractivity contribution in [1.29, 1.82) is 0 Å². The van der Waals surface area contributed by atoms with Crippen LogP contribution in [0.2, 0.25) is 10.0 Å². The number of nitrogens with zero attached hydrogens (tertiary/aromatic N) is 1. The Kier molecular flexibility index (Phi) is 9.10. The normalized spacial score (nSPS) is 14.2. The summed E-state index contributed by atoms with van der Waals surface area (Å²) in [5.74, 6) is -0.0260. The zero-order valence-electron chi connectivity index (χ0n) is 19.7. The van der Waals surface area contributed by atoms with Crippen molar-refractivity contribution in [3.05, 3.63) is 92.8 Å². The van der Waals surface area contributed by atoms with Gasteiger partial charge in [-0.05, 0) is 47.9 Å². The molecule has 10 heteroatoms. The first-order valence-electron chi connectivity index (χ1n) is 11.2. The van der Waals surface area contributed by atoms with Crippen LogP contribution in [-0.4, -0.2) is 41.3 Å². The number of benzene rings is 3. The minimum Gasteiger partial charge on any atom is -0.493 e. The van der Waals surface area contributed by atoms with Gasteiger partial charge < -0.3 is 14.8 Å². The predicted molar refractivity (Wildman–Crippen MR) is 154 cm³/mol. The number of thioether (sulfide) groups is 1. The van der Waals surface area contributed by atoms with Crippen LogP contribution in [0.3, 0.4) is 0 Å². The van der Waals surface area contributed by atoms with Gasteiger partial charge in [-0.15, -0.1) is 0 Å². The summed E-state index contributed by atoms with van der Waals surface area (Å²) in [5, 5.41) is 3.33. The van der Waals surface area contributed by atoms with Gasteiger partial charge in [-0.2, -0.15) is 0 Å². The first-order valence-corrected chi connectivity index (χ1v) is 13.2. The van der Waals surface area contributed by atoms with Gasteiger partial charge in [0.05, 0.1) is 27.7 Å². The molecule has 6 nitrogen and oxygen atoms in total. The summed E-state index contributed by atoms with van der Waals surface area (Å²) in [7, 11) is 1.47. The highest BCUT2D eigenvalue weighted by atomic mass is 35.5. The lowest BCUT2D eigenvalue weighted by molar-refractivity contribution is -0.122. The van der Waals surface area contributed by atoms with E-state index in [4.69, 9.17) is 44.9 Å². The van der Waals surface area contributed by atoms with E-state index in [0.717, 1.165) is 5.56 Å². The van der Waals surface area contributed by atoms with Crippen LogP contribution in [-0.2, 0) is 16.0 Å². The number of nitrogens with one attached hydrogen (secondary N) is 1. The number of methoxy groups -OCH3 is 1. The maximum Gasteiger partial charge on any atom is 0.266 e. The Labute approximate surface area is 234 Å². The lowest BCUT2D eigenvalue weighted by Gasteiger charge is -2.14. The maximum absolute atomic E-state index is 13.0. The van der Waals surface area contributed by atoms with Crippen LogP contribution in [0.4, 0.5) is 5.69 Å². The summed E-state index contributed by atoms with van der Waals surface area (Å²) in [6, 6.07) is 20.1. The lowest BCUT2D eigenvalue weighted by Crippen LogP contribution is -2.30. The number of hydrogen-bond acceptors (Lipinski definition) is 6. The molecule has 0 bridgehead atoms. The first-order chi connectivity index (χ1) is 17.9. The molecule has 0 aliphatic carbocycles. The number of anilines is 1. The van der Waals surface area contributed by atoms with Crippen LogP contribution < -0.4 is 14.8 Å². The van der Waals surface area contributed by atoms with Crippen molar-refractivity contribution in [3.8, 4) is 11.5 Å². The summed E-state index contributed by atoms with van der Waals surface area (Å²) in [6.07, 6.45) is 2.42. The van der Waals surface area contributed by atoms with Crippen molar-refractivity contribution < 1.29 is 19.1 Å². The molecule has 3 aromatic rings. The van der Waals surface area contributed by atoms with Gasteiger partial charge >= 0.3 is 0 Å². The van der Waals surface area contributed by atoms with Crippen LogP contribution >= 0.6 is 47.2 Å². The fourth-order valence-corrected chi connectivity index (χ4v) is 5.34. The third-order valence-corrected chi connectivity index (χ3v) is 7.37. The molecule has 4 rings (SSSR count). The Hall–Kier alpha value is -3.04. The Bertz CT molecular complexity index is 1370. The second-order valence-electron chi connectivity index (χ2n) is 7.92. The smallest absolute Gasteiger partial charge is 0.266 e. The molecule has 37 heavy (non-hydrogen) atoms. The van der Waals surface area contributed by atoms with Gasteiger partial charge in [0.1, 0.15) is 4.32 Å². The van der Waals surface area contributed by atoms with E-state index in [1.165, 1.54) is 18.9 Å². The standard InChI is InChI=1S/C27H22Cl2N2O4S2/c1-34-22-14-18(13-20(29)25(22)35-16-24(32)30-21-10-6-5-9-19(21)28)15-23-26(33)31(27(36)37-23)12-11-17-7-3-2-4-8-17/h2-10,13-15H,11-12,16H2,1H3,(H,30,32)/b23-15-. The van der Waals surface area contributed by atoms with Crippen molar-refractivity contribution in [1.82, 2.24) is 4.90 Å². The zero-order chi connectivity index (χ0) is 26.4. The van der Waals surface area contributed by atoms with Crippen molar-refractivity contribution in [2.24, 2.45) is 0 Å². The van der Waals surface area contributed by atoms with E-state index in [9.17, 15) is 9.59 Å². The van der Waals surface area contributed by atoms with Crippen LogP contribution in [0.1, 0.15) is 11.1 Å². The molecule has 1 aliphatic rings. The molecular formula is C27H22Cl2N2O4S2. The number of hydrogen-bond donors (Lipinski definition) is 1. The second-order valence-corrected chi connectivity index (χ2v) is 10.4. The van der Waals surface area contributed by atoms with Gasteiger partial charge in [0.2, 0.25) is 0 Å². The highest BCUT2D eigenvalue weighted by molar-refractivity contribution is 8.26. The molecule has 0 aromatic heterocycles. The van der Waals surface area contributed by atoms with Gasteiger partial charge in [-0.3, -0.25) is 14.5 Å². The van der Waals surface area contributed by atoms with Gasteiger partial charge in [-0.1, -0.05) is 89.6 Å². The van der Waals surface area contributed by atoms with Crippen molar-refractivity contribution in [2.75, 3.05) is 25.6 Å². The molecule has 0 unspecified atom stereocenters. The van der Waals surface area contributed by atoms with Crippen LogP contribution in [0.15, 0.2) is 71.6 Å². The molecule has 190 valence electrons. The highest BCUT2D eigenvalue weighted by Gasteiger charge is 2.31. The average molecular weight is 574 g/mol. The molecule has 1 aliphatic heterocycles. The molecule has 1 heterocycles. The summed E-state index contributed by atoms with van der Waals surface area (Å²) < 4.78 is 11.6. The number of carbonyl (C=O) groups is 2. The summed E-state index contributed by atoms with van der Waals surface area (Å²) in [6.45, 7) is 0.194. The van der Waals surface area contributed by atoms with Gasteiger partial charge in [0.15, 0.2) is 18.1 Å². The topological polar surface area (TPSA) is 67.9 Å². The van der Waals surface area contributed by atoms with E-state index >= 15 is 0 Å². The number of ether oxygens (including phenoxy) is 2. The molecule has 1 saturated heterocycles. The summed E-state index contributed by atoms with van der Waals surface area (Å²) in [4.78, 5) is 27.4. The monoisotopic (exact) mass is 572 g/mol. The van der Waals surface area contributed by atoms with Gasteiger partial charge in [0, 0.05) is 6.54 Å². The average Bonchev–Trinajstić information content (AvgIpc) is 3.15. The number of halogens is 2. The number of amides is 2. The van der Waals surface area contributed by atoms with E-state index in [-0.39, 0.29) is 23.3 Å². The van der Waals surface area contributed by atoms with Crippen molar-refractivity contribution in [2.45, 2.75) is 6.42 Å². The molecule has 1 fully saturated rings. The largest absolute Gasteiger partial charge is 0.493 e. The predicted octanol–water partition coefficient (Wildman–Crippen LogP) is 6.46. The second kappa shape index (κ2) is 12.5. The Balaban J connectivity index is 1.44. The van der Waals surface area contributed by atoms with Crippen LogP contribution in [0.5, 0.6) is 11.5 Å². The fourth-order valence-electron chi connectivity index (χ4n) is 3.58. The minimum atomic E-state index is -0.408. The minimum absolute atomic E-state index is 0.155. The number of carbonyl (C=O) groups excluding carboxylic acids is 2. The summed E-state index contributed by atoms with van der Waals surface area (Å²) >= 11 is 19.2. The molecule has 0 radical (unpaired) electrons. The lowest BCUT2D eigenvalue weighted by atomic mass is 10.1. The van der Waals surface area contributed by atoms with Gasteiger partial charge in [0.25, 0.3) is 11.8 Å². The molecule has 0 saturated carbocycles. The van der Waals surface area contributed by atoms with Gasteiger partial charge in [-0.25, -0.2) is 0 Å². The Morgan fingerprint density at radius 2 is 1.81 bits per heavy atom. The molecule has 0 atom stereocenters. The van der Waals surface area contributed by atoms with E-state index in [1.807, 2.05) is 30.3 Å². The van der Waals surface area contributed by atoms with Crippen LogP contribution in [0, 0.1) is 0 Å². The number of rotatable bonds is 9. The zero-order valence-corrected chi connectivity index (χ0v) is 22.8. The quantitative estimate of drug-likeness (QED) is 0.234. The van der Waals surface area contributed by atoms with E-state index < -0.39 is 5.91 Å². The maximum atomic E-state index is 13.0. The van der Waals surface area contributed by atoms with Crippen molar-refractivity contribution >= 4 is 75.1 Å². The Morgan fingerprint density at radius 3 is 2.54 bits per heavy atom. The number of para-hydroxylation sites is 1. The van der Waals surface area contributed by atoms with E-state index in [1.54, 1.807) is 47.4 Å². The van der Waals surface area contributed by atoms with E-state index in [2.05, 4.69) is 5.32 Å². The van der Waals surface area contributed by atoms with E-state index in [0.29, 0.717) is 44.2 Å². The third-order valence-electron chi connectivity index (χ3n) is 5.39. The molecule has 0 spiro atoms. The fraction of sp³-hybridized carbons (Fsp3) is 0.148. The molecule has 3 aromatic carbocycles.